The first-order chi connectivity index (χ1) is 8.06. The summed E-state index contributed by atoms with van der Waals surface area (Å²) in [7, 11) is 0. The Balaban J connectivity index is 2.07. The molecule has 1 heterocycles. The lowest BCUT2D eigenvalue weighted by atomic mass is 10.1. The monoisotopic (exact) mass is 230 g/mol. The minimum atomic E-state index is 0.624. The maximum absolute atomic E-state index is 5.53. The molecule has 0 spiro atoms. The molecule has 17 heavy (non-hydrogen) atoms. The molecule has 1 aromatic heterocycles. The van der Waals surface area contributed by atoms with Gasteiger partial charge in [0.15, 0.2) is 0 Å². The first-order valence-electron chi connectivity index (χ1n) is 5.80. The normalized spacial score (nSPS) is 10.6. The minimum absolute atomic E-state index is 0.624. The quantitative estimate of drug-likeness (QED) is 0.876. The second-order valence-corrected chi connectivity index (χ2v) is 4.42. The second kappa shape index (κ2) is 4.62. The largest absolute Gasteiger partial charge is 0.444 e. The van der Waals surface area contributed by atoms with Crippen LogP contribution in [0.25, 0.3) is 0 Å². The van der Waals surface area contributed by atoms with Crippen LogP contribution in [0.4, 0.5) is 5.69 Å². The van der Waals surface area contributed by atoms with Crippen molar-refractivity contribution in [2.24, 2.45) is 0 Å². The van der Waals surface area contributed by atoms with Crippen LogP contribution in [0.15, 0.2) is 22.6 Å². The zero-order chi connectivity index (χ0) is 12.4. The van der Waals surface area contributed by atoms with Crippen LogP contribution >= 0.6 is 0 Å². The predicted octanol–water partition coefficient (Wildman–Crippen LogP) is 3.52. The summed E-state index contributed by atoms with van der Waals surface area (Å²) in [5.74, 6) is 1.63. The molecule has 0 fully saturated rings. The van der Waals surface area contributed by atoms with Gasteiger partial charge in [-0.05, 0) is 39.3 Å². The van der Waals surface area contributed by atoms with Crippen molar-refractivity contribution in [2.45, 2.75) is 34.2 Å². The summed E-state index contributed by atoms with van der Waals surface area (Å²) in [6, 6.07) is 6.35. The maximum atomic E-state index is 5.53. The molecular weight excluding hydrogens is 212 g/mol. The number of oxazole rings is 1. The standard InChI is InChI=1S/C14H18N2O/c1-9-5-6-13(10(2)7-9)15-8-14-16-11(3)12(4)17-14/h5-7,15H,8H2,1-4H3. The number of hydrogen-bond acceptors (Lipinski definition) is 3. The van der Waals surface area contributed by atoms with Crippen LogP contribution in [0.5, 0.6) is 0 Å². The molecule has 0 amide bonds. The Morgan fingerprint density at radius 1 is 1.18 bits per heavy atom. The van der Waals surface area contributed by atoms with E-state index in [4.69, 9.17) is 4.42 Å². The maximum Gasteiger partial charge on any atom is 0.213 e. The topological polar surface area (TPSA) is 38.1 Å². The van der Waals surface area contributed by atoms with Crippen molar-refractivity contribution in [3.8, 4) is 0 Å². The van der Waals surface area contributed by atoms with Crippen molar-refractivity contribution in [3.05, 3.63) is 46.7 Å². The molecular formula is C14H18N2O. The zero-order valence-electron chi connectivity index (χ0n) is 10.8. The smallest absolute Gasteiger partial charge is 0.213 e. The molecule has 3 heteroatoms. The van der Waals surface area contributed by atoms with Gasteiger partial charge < -0.3 is 9.73 Å². The van der Waals surface area contributed by atoms with Crippen molar-refractivity contribution in [1.29, 1.82) is 0 Å². The average Bonchev–Trinajstić information content (AvgIpc) is 2.57. The lowest BCUT2D eigenvalue weighted by Gasteiger charge is -2.08. The fourth-order valence-electron chi connectivity index (χ4n) is 1.80. The van der Waals surface area contributed by atoms with Crippen molar-refractivity contribution >= 4 is 5.69 Å². The highest BCUT2D eigenvalue weighted by atomic mass is 16.4. The van der Waals surface area contributed by atoms with E-state index in [1.54, 1.807) is 0 Å². The number of aryl methyl sites for hydroxylation is 4. The molecule has 0 saturated carbocycles. The van der Waals surface area contributed by atoms with E-state index in [2.05, 4.69) is 42.3 Å². The van der Waals surface area contributed by atoms with Crippen molar-refractivity contribution in [1.82, 2.24) is 4.98 Å². The Morgan fingerprint density at radius 3 is 2.53 bits per heavy atom. The van der Waals surface area contributed by atoms with E-state index in [9.17, 15) is 0 Å². The summed E-state index contributed by atoms with van der Waals surface area (Å²) in [5.41, 5.74) is 4.60. The molecule has 0 radical (unpaired) electrons. The summed E-state index contributed by atoms with van der Waals surface area (Å²) in [5, 5.41) is 3.34. The molecule has 0 aliphatic carbocycles. The molecule has 0 unspecified atom stereocenters. The Bertz CT molecular complexity index is 510. The highest BCUT2D eigenvalue weighted by Crippen LogP contribution is 2.17. The van der Waals surface area contributed by atoms with Gasteiger partial charge in [-0.15, -0.1) is 0 Å². The number of rotatable bonds is 3. The lowest BCUT2D eigenvalue weighted by Crippen LogP contribution is -2.01. The van der Waals surface area contributed by atoms with E-state index >= 15 is 0 Å². The molecule has 90 valence electrons. The molecule has 0 aliphatic rings. The molecule has 2 rings (SSSR count). The third-order valence-corrected chi connectivity index (χ3v) is 2.88. The van der Waals surface area contributed by atoms with Gasteiger partial charge in [-0.2, -0.15) is 0 Å². The number of nitrogens with one attached hydrogen (secondary N) is 1. The molecule has 0 bridgehead atoms. The Hall–Kier alpha value is -1.77. The van der Waals surface area contributed by atoms with E-state index in [0.29, 0.717) is 6.54 Å². The van der Waals surface area contributed by atoms with E-state index in [-0.39, 0.29) is 0 Å². The molecule has 1 aromatic carbocycles. The van der Waals surface area contributed by atoms with Gasteiger partial charge in [-0.25, -0.2) is 4.98 Å². The van der Waals surface area contributed by atoms with Crippen LogP contribution in [0.2, 0.25) is 0 Å². The molecule has 2 aromatic rings. The zero-order valence-corrected chi connectivity index (χ0v) is 10.8. The van der Waals surface area contributed by atoms with Crippen LogP contribution in [-0.2, 0) is 6.54 Å². The summed E-state index contributed by atoms with van der Waals surface area (Å²) in [4.78, 5) is 4.34. The van der Waals surface area contributed by atoms with Crippen LogP contribution in [-0.4, -0.2) is 4.98 Å². The Morgan fingerprint density at radius 2 is 1.94 bits per heavy atom. The minimum Gasteiger partial charge on any atom is -0.444 e. The van der Waals surface area contributed by atoms with E-state index in [1.807, 2.05) is 13.8 Å². The summed E-state index contributed by atoms with van der Waals surface area (Å²) in [6.07, 6.45) is 0. The molecule has 0 atom stereocenters. The number of aromatic nitrogens is 1. The third-order valence-electron chi connectivity index (χ3n) is 2.88. The third kappa shape index (κ3) is 2.67. The first kappa shape index (κ1) is 11.7. The first-order valence-corrected chi connectivity index (χ1v) is 5.80. The van der Waals surface area contributed by atoms with Gasteiger partial charge in [0.25, 0.3) is 0 Å². The highest BCUT2D eigenvalue weighted by molar-refractivity contribution is 5.51. The van der Waals surface area contributed by atoms with E-state index in [0.717, 1.165) is 23.0 Å². The fourth-order valence-corrected chi connectivity index (χ4v) is 1.80. The predicted molar refractivity (Wildman–Crippen MR) is 69.2 cm³/mol. The van der Waals surface area contributed by atoms with Crippen LogP contribution in [0.1, 0.15) is 28.5 Å². The van der Waals surface area contributed by atoms with Gasteiger partial charge in [0.1, 0.15) is 5.76 Å². The van der Waals surface area contributed by atoms with E-state index in [1.165, 1.54) is 11.1 Å². The number of anilines is 1. The van der Waals surface area contributed by atoms with Gasteiger partial charge in [0, 0.05) is 5.69 Å². The average molecular weight is 230 g/mol. The molecule has 0 saturated heterocycles. The summed E-state index contributed by atoms with van der Waals surface area (Å²) < 4.78 is 5.53. The highest BCUT2D eigenvalue weighted by Gasteiger charge is 2.05. The van der Waals surface area contributed by atoms with Crippen molar-refractivity contribution < 1.29 is 4.42 Å². The van der Waals surface area contributed by atoms with Crippen LogP contribution in [0.3, 0.4) is 0 Å². The van der Waals surface area contributed by atoms with Gasteiger partial charge in [-0.3, -0.25) is 0 Å². The van der Waals surface area contributed by atoms with E-state index < -0.39 is 0 Å². The number of nitrogens with zero attached hydrogens (tertiary/aromatic N) is 1. The van der Waals surface area contributed by atoms with Gasteiger partial charge in [0.2, 0.25) is 5.89 Å². The molecule has 1 N–H and O–H groups in total. The van der Waals surface area contributed by atoms with Crippen LogP contribution in [0, 0.1) is 27.7 Å². The Kier molecular flexibility index (Phi) is 3.18. The van der Waals surface area contributed by atoms with Gasteiger partial charge in [-0.1, -0.05) is 17.7 Å². The number of benzene rings is 1. The molecule has 0 aliphatic heterocycles. The second-order valence-electron chi connectivity index (χ2n) is 4.42. The number of hydrogen-bond donors (Lipinski definition) is 1. The summed E-state index contributed by atoms with van der Waals surface area (Å²) in [6.45, 7) is 8.71. The van der Waals surface area contributed by atoms with Crippen LogP contribution < -0.4 is 5.32 Å². The lowest BCUT2D eigenvalue weighted by molar-refractivity contribution is 0.478. The Labute approximate surface area is 102 Å². The SMILES string of the molecule is Cc1ccc(NCc2nc(C)c(C)o2)c(C)c1. The van der Waals surface area contributed by atoms with Gasteiger partial charge >= 0.3 is 0 Å². The van der Waals surface area contributed by atoms with Crippen molar-refractivity contribution in [3.63, 3.8) is 0 Å². The summed E-state index contributed by atoms with van der Waals surface area (Å²) >= 11 is 0. The fraction of sp³-hybridized carbons (Fsp3) is 0.357. The molecule has 3 nitrogen and oxygen atoms in total. The van der Waals surface area contributed by atoms with Gasteiger partial charge in [0.05, 0.1) is 12.2 Å². The van der Waals surface area contributed by atoms with Crippen molar-refractivity contribution in [2.75, 3.05) is 5.32 Å².